The van der Waals surface area contributed by atoms with Gasteiger partial charge >= 0.3 is 0 Å². The molecule has 0 radical (unpaired) electrons. The molecule has 2 aromatic heterocycles. The second kappa shape index (κ2) is 50.4. The van der Waals surface area contributed by atoms with Crippen molar-refractivity contribution in [2.24, 2.45) is 17.2 Å². The molecule has 0 aliphatic carbocycles. The van der Waals surface area contributed by atoms with Crippen molar-refractivity contribution < 1.29 is 107 Å². The normalized spacial score (nSPS) is 25.0. The first kappa shape index (κ1) is 104. The number of likely N-dealkylation sites (N-methyl/N-ethyl adjacent to an activating group) is 3. The number of fused-ring (bicyclic) bond motifs is 4. The molecule has 0 spiro atoms. The number of para-hydroxylation sites is 2. The molecule has 0 bridgehead atoms. The first-order chi connectivity index (χ1) is 62.9. The minimum atomic E-state index is -1.92. The van der Waals surface area contributed by atoms with Gasteiger partial charge in [0.2, 0.25) is 100 Å². The Bertz CT molecular complexity index is 4940. The number of phenolic OH excluding ortho intramolecular Hbond substituents is 1. The molecule has 0 saturated carbocycles. The molecular weight excluding hydrogens is 1740 g/mol. The number of aromatic amines is 2. The van der Waals surface area contributed by atoms with Crippen LogP contribution in [-0.4, -0.2) is 336 Å². The number of aliphatic hydroxyl groups excluding tert-OH is 4. The largest absolute Gasteiger partial charge is 0.508 e. The van der Waals surface area contributed by atoms with Gasteiger partial charge < -0.3 is 136 Å². The molecule has 0 unspecified atom stereocenters. The van der Waals surface area contributed by atoms with E-state index in [1.807, 2.05) is 13.8 Å². The Kier molecular flexibility index (Phi) is 39.9. The first-order valence-corrected chi connectivity index (χ1v) is 45.1. The molecule has 8 rings (SSSR count). The molecule has 5 heterocycles. The fourth-order valence-electron chi connectivity index (χ4n) is 16.1. The van der Waals surface area contributed by atoms with Gasteiger partial charge in [-0.2, -0.15) is 0 Å². The number of nitrogens with zero attached hydrogens (tertiary/aromatic N) is 5. The summed E-state index contributed by atoms with van der Waals surface area (Å²) in [4.78, 5) is 259. The number of thioether (sulfide) groups is 1. The van der Waals surface area contributed by atoms with Crippen LogP contribution in [0.15, 0.2) is 85.2 Å². The van der Waals surface area contributed by atoms with Gasteiger partial charge in [-0.05, 0) is 99.2 Å². The van der Waals surface area contributed by atoms with Gasteiger partial charge in [-0.3, -0.25) is 86.9 Å². The summed E-state index contributed by atoms with van der Waals surface area (Å²) in [5.74, 6) is -18.5. The van der Waals surface area contributed by atoms with E-state index in [9.17, 15) is 78.3 Å². The summed E-state index contributed by atoms with van der Waals surface area (Å²) < 4.78 is 0. The topological polar surface area (TPSA) is 673 Å². The van der Waals surface area contributed by atoms with Crippen LogP contribution < -0.4 is 75.7 Å². The number of rotatable bonds is 26. The van der Waals surface area contributed by atoms with Crippen molar-refractivity contribution in [3.05, 3.63) is 102 Å². The van der Waals surface area contributed by atoms with Crippen LogP contribution in [0.25, 0.3) is 21.8 Å². The van der Waals surface area contributed by atoms with E-state index in [-0.39, 0.29) is 76.6 Å². The number of benzene rings is 3. The quantitative estimate of drug-likeness (QED) is 0.0140. The molecule has 5 aromatic rings. The highest BCUT2D eigenvalue weighted by Gasteiger charge is 2.47. The van der Waals surface area contributed by atoms with Gasteiger partial charge in [0.25, 0.3) is 0 Å². The van der Waals surface area contributed by atoms with Crippen LogP contribution in [0.5, 0.6) is 5.75 Å². The zero-order chi connectivity index (χ0) is 96.7. The summed E-state index contributed by atoms with van der Waals surface area (Å²) in [7, 11) is 3.85. The maximum absolute atomic E-state index is 15.7. The number of unbranched alkanes of at least 4 members (excludes halogenated alkanes) is 2. The van der Waals surface area contributed by atoms with E-state index in [0.29, 0.717) is 64.2 Å². The molecular formula is C87H124N22O22S. The van der Waals surface area contributed by atoms with Crippen LogP contribution >= 0.6 is 11.8 Å². The van der Waals surface area contributed by atoms with Crippen molar-refractivity contribution >= 4 is 140 Å². The monoisotopic (exact) mass is 1860 g/mol. The van der Waals surface area contributed by atoms with E-state index in [4.69, 9.17) is 22.6 Å². The van der Waals surface area contributed by atoms with Crippen LogP contribution in [0.3, 0.4) is 0 Å². The summed E-state index contributed by atoms with van der Waals surface area (Å²) in [6.45, 7) is 0.749. The van der Waals surface area contributed by atoms with Crippen LogP contribution in [-0.2, 0) is 101 Å². The van der Waals surface area contributed by atoms with Crippen molar-refractivity contribution in [2.75, 3.05) is 78.6 Å². The molecule has 3 aliphatic rings. The summed E-state index contributed by atoms with van der Waals surface area (Å²) >= 11 is 0.748. The molecule has 17 amide bonds. The van der Waals surface area contributed by atoms with Gasteiger partial charge in [0, 0.05) is 120 Å². The highest BCUT2D eigenvalue weighted by molar-refractivity contribution is 8.00. The van der Waals surface area contributed by atoms with E-state index in [1.54, 1.807) is 60.9 Å². The van der Waals surface area contributed by atoms with Crippen molar-refractivity contribution in [1.82, 2.24) is 93.0 Å². The lowest BCUT2D eigenvalue weighted by molar-refractivity contribution is -0.149. The van der Waals surface area contributed by atoms with Crippen LogP contribution in [0.1, 0.15) is 127 Å². The number of guanidine groups is 1. The number of primary amides is 2. The van der Waals surface area contributed by atoms with Gasteiger partial charge in [-0.15, -0.1) is 11.8 Å². The summed E-state index contributed by atoms with van der Waals surface area (Å²) in [5, 5.41) is 90.7. The molecule has 15 atom stereocenters. The lowest BCUT2D eigenvalue weighted by Gasteiger charge is -2.36. The van der Waals surface area contributed by atoms with E-state index < -0.39 is 267 Å². The molecule has 45 heteroatoms. The van der Waals surface area contributed by atoms with E-state index in [2.05, 4.69) is 68.5 Å². The highest BCUT2D eigenvalue weighted by Crippen LogP contribution is 2.28. The third-order valence-corrected chi connectivity index (χ3v) is 24.5. The number of phenols is 1. The first-order valence-electron chi connectivity index (χ1n) is 43.9. The van der Waals surface area contributed by atoms with Crippen molar-refractivity contribution in [3.63, 3.8) is 0 Å². The van der Waals surface area contributed by atoms with Crippen molar-refractivity contribution in [2.45, 2.75) is 221 Å². The lowest BCUT2D eigenvalue weighted by Crippen LogP contribution is -2.61. The number of amides is 17. The average molecular weight is 1860 g/mol. The maximum atomic E-state index is 15.7. The number of H-pyrrole nitrogens is 2. The Labute approximate surface area is 765 Å². The molecule has 3 aromatic carbocycles. The molecule has 25 N–H and O–H groups in total. The van der Waals surface area contributed by atoms with Gasteiger partial charge in [0.15, 0.2) is 5.96 Å². The Morgan fingerprint density at radius 3 is 1.62 bits per heavy atom. The molecule has 3 aliphatic heterocycles. The number of hydrogen-bond acceptors (Lipinski definition) is 24. The summed E-state index contributed by atoms with van der Waals surface area (Å²) in [6.07, 6.45) is -0.159. The maximum Gasteiger partial charge on any atom is 0.246 e. The molecule has 3 fully saturated rings. The van der Waals surface area contributed by atoms with Crippen LogP contribution in [0.2, 0.25) is 0 Å². The SMILES string of the molecule is CCCC[C@H]1C(=O)N(C)[C@@H](CCCC)C(=O)N[C@@H](CCCNC(=N)N)C(=O)N[C@H](C(=O)NCC(N)=O)CSCC(=O)N[C@@H](Cc2ccc(O)cc2)C(=O)N(C)[C@@H](C)C(=O)N[C@H](CC(N)=O)C(=O)N2CCC[C@H]2C(=O)N[C@@H](CCO)C(=O)N[C@@H](CCO)C(=O)N2C[C@H](O)C[C@H]2C(=O)N[C@@H](Cc2c[nH]c3ccccc23)C(=O)N[C@@H](CO)C(=O)N[C@@H](Cc2c[nH]c3ccccc23)C(=O)N1C. The predicted molar refractivity (Wildman–Crippen MR) is 481 cm³/mol. The highest BCUT2D eigenvalue weighted by atomic mass is 32.2. The third kappa shape index (κ3) is 29.0. The fourth-order valence-corrected chi connectivity index (χ4v) is 16.9. The zero-order valence-electron chi connectivity index (χ0n) is 74.7. The van der Waals surface area contributed by atoms with Gasteiger partial charge in [0.05, 0.1) is 31.4 Å². The number of nitrogens with two attached hydrogens (primary N) is 3. The zero-order valence-corrected chi connectivity index (χ0v) is 75.5. The Morgan fingerprint density at radius 2 is 1.02 bits per heavy atom. The van der Waals surface area contributed by atoms with Crippen LogP contribution in [0.4, 0.5) is 0 Å². The Hall–Kier alpha value is -13.0. The Morgan fingerprint density at radius 1 is 0.508 bits per heavy atom. The number of carbonyl (C=O) groups excluding carboxylic acids is 17. The lowest BCUT2D eigenvalue weighted by atomic mass is 10.00. The average Bonchev–Trinajstić information content (AvgIpc) is 1.27. The predicted octanol–water partition coefficient (Wildman–Crippen LogP) is -5.18. The van der Waals surface area contributed by atoms with E-state index in [0.717, 1.165) is 36.3 Å². The van der Waals surface area contributed by atoms with E-state index >= 15 is 28.8 Å². The standard InChI is InChI=1S/C87H124N22O22S/c1-7-9-22-66-79(124)97-57(21-15-31-92-87(90)91)75(120)104-65(74(119)95-42-71(89)116)45-132-46-72(117)96-61(35-48-25-27-51(113)28-26-48)82(127)105(4)47(3)73(118)101-63(39-70(88)115)85(130)108-32-16-24-67(108)80(125)98-58(29-33-110)76(121)99-59(30-34-111)84(129)109-43-52(114)38-69(109)81(126)100-60(36-49-40-93-55-19-13-11-17-53(49)55)77(122)103-64(44-112)78(123)102-62(37-50-41-94-56-20-14-12-18-54(50)56)83(128)107(6)68(23-10-8-2)86(131)106(66)5/h11-14,17-20,25-28,40-41,47,52,57-69,93-94,110-114H,7-10,15-16,21-24,29-39,42-46H2,1-6H3,(H2,88,115)(H2,89,116)(H,95,119)(H,96,117)(H,97,124)(H,98,125)(H,99,121)(H,100,126)(H,101,118)(H,102,123)(H,103,122)(H,104,120)(H4,90,91,92)/t47-,52+,57-,58-,59-,60-,61-,62-,63+,64-,65-,66-,67-,68-,69-/m0/s1. The minimum Gasteiger partial charge on any atom is -0.508 e. The number of nitrogens with one attached hydrogen (secondary N) is 14. The van der Waals surface area contributed by atoms with Gasteiger partial charge in [-0.25, -0.2) is 0 Å². The number of aliphatic hydroxyl groups is 4. The number of carbonyl (C=O) groups is 17. The van der Waals surface area contributed by atoms with E-state index in [1.165, 1.54) is 52.3 Å². The van der Waals surface area contributed by atoms with Crippen molar-refractivity contribution in [1.29, 1.82) is 5.41 Å². The van der Waals surface area contributed by atoms with Gasteiger partial charge in [-0.1, -0.05) is 88.1 Å². The summed E-state index contributed by atoms with van der Waals surface area (Å²) in [6, 6.07) is -3.19. The second-order valence-electron chi connectivity index (χ2n) is 33.1. The fraction of sp³-hybridized carbons (Fsp3) is 0.540. The van der Waals surface area contributed by atoms with Crippen molar-refractivity contribution in [3.8, 4) is 5.75 Å². The molecule has 3 saturated heterocycles. The minimum absolute atomic E-state index is 0.0216. The molecule has 720 valence electrons. The number of hydrogen-bond donors (Lipinski definition) is 22. The van der Waals surface area contributed by atoms with Gasteiger partial charge in [0.1, 0.15) is 90.3 Å². The number of aromatic nitrogens is 2. The third-order valence-electron chi connectivity index (χ3n) is 23.5. The second-order valence-corrected chi connectivity index (χ2v) is 34.1. The molecule has 132 heavy (non-hydrogen) atoms. The summed E-state index contributed by atoms with van der Waals surface area (Å²) in [5.41, 5.74) is 19.2. The van der Waals surface area contributed by atoms with Crippen LogP contribution in [0, 0.1) is 5.41 Å². The smallest absolute Gasteiger partial charge is 0.246 e. The molecule has 44 nitrogen and oxygen atoms in total. The number of aromatic hydroxyl groups is 1. The Balaban J connectivity index is 1.19.